The molecule has 0 aromatic carbocycles. The number of halogens is 1. The summed E-state index contributed by atoms with van der Waals surface area (Å²) in [5.41, 5.74) is 5.33. The molecule has 0 heterocycles. The van der Waals surface area contributed by atoms with E-state index in [1.54, 1.807) is 0 Å². The first-order valence-electron chi connectivity index (χ1n) is 24.5. The second-order valence-corrected chi connectivity index (χ2v) is 17.5. The molecule has 0 saturated carbocycles. The van der Waals surface area contributed by atoms with Crippen LogP contribution in [-0.2, 0) is 0 Å². The Labute approximate surface area is 343 Å². The summed E-state index contributed by atoms with van der Waals surface area (Å²) in [6, 6.07) is 0. The van der Waals surface area contributed by atoms with Crippen LogP contribution in [0.2, 0.25) is 0 Å². The standard InChI is InChI=1S/C49H101N.HI/c1-4-7-10-13-16-19-22-25-28-31-34-37-40-43-46-49(50,47-44-41-38-35-32-29-26-23-20-17-14-11-8-5-2)48-45-42-39-36-33-30-27-24-21-18-15-12-9-6-3;/h4-48,50H2,1-3H3;1H. The molecule has 0 atom stereocenters. The molecule has 0 aromatic rings. The van der Waals surface area contributed by atoms with Crippen molar-refractivity contribution in [1.82, 2.24) is 0 Å². The summed E-state index contributed by atoms with van der Waals surface area (Å²) < 4.78 is 0. The van der Waals surface area contributed by atoms with Gasteiger partial charge in [-0.05, 0) is 19.3 Å². The molecule has 0 bridgehead atoms. The van der Waals surface area contributed by atoms with Gasteiger partial charge >= 0.3 is 0 Å². The number of hydrogen-bond acceptors (Lipinski definition) is 0. The highest BCUT2D eigenvalue weighted by molar-refractivity contribution is 4.77. The molecular weight excluding hydrogens is 729 g/mol. The number of hydrogen-bond donors (Lipinski definition) is 1. The van der Waals surface area contributed by atoms with Gasteiger partial charge in [-0.2, -0.15) is 0 Å². The lowest BCUT2D eigenvalue weighted by molar-refractivity contribution is -0.484. The summed E-state index contributed by atoms with van der Waals surface area (Å²) in [6.07, 6.45) is 65.5. The topological polar surface area (TPSA) is 27.6 Å². The molecule has 3 N–H and O–H groups in total. The van der Waals surface area contributed by atoms with Crippen LogP contribution in [0.25, 0.3) is 0 Å². The molecule has 0 aliphatic carbocycles. The van der Waals surface area contributed by atoms with Crippen molar-refractivity contribution >= 4 is 0 Å². The Morgan fingerprint density at radius 2 is 0.333 bits per heavy atom. The average molecular weight is 832 g/mol. The van der Waals surface area contributed by atoms with Crippen molar-refractivity contribution in [3.05, 3.63) is 0 Å². The van der Waals surface area contributed by atoms with E-state index in [-0.39, 0.29) is 24.0 Å². The molecule has 0 fully saturated rings. The lowest BCUT2D eigenvalue weighted by Gasteiger charge is -2.26. The molecule has 0 rings (SSSR count). The number of unbranched alkanes of at least 4 members (excludes halogenated alkanes) is 39. The first-order chi connectivity index (χ1) is 24.7. The van der Waals surface area contributed by atoms with E-state index in [0.29, 0.717) is 5.54 Å². The van der Waals surface area contributed by atoms with E-state index in [1.807, 2.05) is 0 Å². The van der Waals surface area contributed by atoms with Crippen molar-refractivity contribution < 1.29 is 29.7 Å². The Balaban J connectivity index is 0. The van der Waals surface area contributed by atoms with Crippen LogP contribution in [-0.4, -0.2) is 5.54 Å². The zero-order chi connectivity index (χ0) is 36.3. The summed E-state index contributed by atoms with van der Waals surface area (Å²) in [4.78, 5) is 0. The molecule has 1 nitrogen and oxygen atoms in total. The Bertz CT molecular complexity index is 512. The molecule has 2 heteroatoms. The van der Waals surface area contributed by atoms with Gasteiger partial charge in [0.05, 0.1) is 5.54 Å². The van der Waals surface area contributed by atoms with Crippen LogP contribution < -0.4 is 29.7 Å². The fraction of sp³-hybridized carbons (Fsp3) is 1.00. The fourth-order valence-electron chi connectivity index (χ4n) is 8.46. The third kappa shape index (κ3) is 45.0. The highest BCUT2D eigenvalue weighted by atomic mass is 127. The van der Waals surface area contributed by atoms with Crippen molar-refractivity contribution in [3.63, 3.8) is 0 Å². The molecule has 0 unspecified atom stereocenters. The molecule has 51 heavy (non-hydrogen) atoms. The summed E-state index contributed by atoms with van der Waals surface area (Å²) in [5, 5.41) is 0. The highest BCUT2D eigenvalue weighted by Gasteiger charge is 2.27. The van der Waals surface area contributed by atoms with Gasteiger partial charge in [0.1, 0.15) is 0 Å². The van der Waals surface area contributed by atoms with Crippen LogP contribution in [0.5, 0.6) is 0 Å². The van der Waals surface area contributed by atoms with Crippen LogP contribution in [0.4, 0.5) is 0 Å². The maximum atomic E-state index is 4.97. The van der Waals surface area contributed by atoms with E-state index >= 15 is 0 Å². The van der Waals surface area contributed by atoms with Gasteiger partial charge in [-0.25, -0.2) is 0 Å². The lowest BCUT2D eigenvalue weighted by atomic mass is 9.82. The van der Waals surface area contributed by atoms with E-state index in [2.05, 4.69) is 20.8 Å². The first kappa shape index (κ1) is 53.8. The summed E-state index contributed by atoms with van der Waals surface area (Å²) in [5.74, 6) is 0. The maximum Gasteiger partial charge on any atom is 0.0945 e. The van der Waals surface area contributed by atoms with Crippen LogP contribution >= 0.6 is 0 Å². The van der Waals surface area contributed by atoms with Crippen LogP contribution in [0.3, 0.4) is 0 Å². The van der Waals surface area contributed by atoms with Gasteiger partial charge in [0.25, 0.3) is 0 Å². The van der Waals surface area contributed by atoms with Gasteiger partial charge in [0.2, 0.25) is 0 Å². The SMILES string of the molecule is CCCCCCCCCCCCCCCCC([NH3+])(CCCCCCCCCCCCCCCC)CCCCCCCCCCCCCCCC.[I-]. The molecule has 310 valence electrons. The lowest BCUT2D eigenvalue weighted by Crippen LogP contribution is -3.00. The van der Waals surface area contributed by atoms with Crippen molar-refractivity contribution in [2.45, 2.75) is 315 Å². The van der Waals surface area contributed by atoms with Gasteiger partial charge in [-0.3, -0.25) is 0 Å². The normalized spacial score (nSPS) is 11.8. The smallest absolute Gasteiger partial charge is 0.0945 e. The Hall–Kier alpha value is 0.690. The monoisotopic (exact) mass is 832 g/mol. The van der Waals surface area contributed by atoms with Crippen molar-refractivity contribution in [2.75, 3.05) is 0 Å². The van der Waals surface area contributed by atoms with Crippen LogP contribution in [0.15, 0.2) is 0 Å². The summed E-state index contributed by atoms with van der Waals surface area (Å²) in [7, 11) is 0. The predicted octanol–water partition coefficient (Wildman–Crippen LogP) is 14.6. The van der Waals surface area contributed by atoms with Crippen LogP contribution in [0, 0.1) is 0 Å². The Kier molecular flexibility index (Phi) is 49.4. The number of quaternary nitrogens is 1. The summed E-state index contributed by atoms with van der Waals surface area (Å²) >= 11 is 0. The largest absolute Gasteiger partial charge is 1.00 e. The zero-order valence-corrected chi connectivity index (χ0v) is 38.6. The molecule has 0 radical (unpaired) electrons. The third-order valence-corrected chi connectivity index (χ3v) is 12.2. The third-order valence-electron chi connectivity index (χ3n) is 12.2. The fourth-order valence-corrected chi connectivity index (χ4v) is 8.46. The minimum atomic E-state index is 0. The minimum Gasteiger partial charge on any atom is -1.00 e. The molecule has 0 aromatic heterocycles. The second kappa shape index (κ2) is 46.8. The highest BCUT2D eigenvalue weighted by Crippen LogP contribution is 2.26. The van der Waals surface area contributed by atoms with E-state index in [0.717, 1.165) is 0 Å². The van der Waals surface area contributed by atoms with Crippen molar-refractivity contribution in [2.24, 2.45) is 0 Å². The van der Waals surface area contributed by atoms with Crippen LogP contribution in [0.1, 0.15) is 310 Å². The van der Waals surface area contributed by atoms with Gasteiger partial charge in [0, 0.05) is 19.3 Å². The Morgan fingerprint density at radius 3 is 0.471 bits per heavy atom. The quantitative estimate of drug-likeness (QED) is 0.0468. The second-order valence-electron chi connectivity index (χ2n) is 17.5. The Morgan fingerprint density at radius 1 is 0.216 bits per heavy atom. The van der Waals surface area contributed by atoms with E-state index in [1.165, 1.54) is 289 Å². The van der Waals surface area contributed by atoms with E-state index in [4.69, 9.17) is 5.73 Å². The number of rotatable bonds is 45. The van der Waals surface area contributed by atoms with Gasteiger partial charge in [-0.1, -0.05) is 271 Å². The first-order valence-corrected chi connectivity index (χ1v) is 24.5. The van der Waals surface area contributed by atoms with E-state index in [9.17, 15) is 0 Å². The predicted molar refractivity (Wildman–Crippen MR) is 230 cm³/mol. The van der Waals surface area contributed by atoms with Crippen molar-refractivity contribution in [3.8, 4) is 0 Å². The molecule has 0 saturated heterocycles. The summed E-state index contributed by atoms with van der Waals surface area (Å²) in [6.45, 7) is 6.95. The van der Waals surface area contributed by atoms with Gasteiger partial charge in [0.15, 0.2) is 0 Å². The zero-order valence-electron chi connectivity index (χ0n) is 36.4. The molecule has 0 spiro atoms. The van der Waals surface area contributed by atoms with Gasteiger partial charge in [-0.15, -0.1) is 0 Å². The van der Waals surface area contributed by atoms with Gasteiger partial charge < -0.3 is 29.7 Å². The van der Waals surface area contributed by atoms with E-state index < -0.39 is 0 Å². The molecular formula is C49H102IN. The molecule has 0 aliphatic rings. The maximum absolute atomic E-state index is 4.97. The molecule has 0 amide bonds. The van der Waals surface area contributed by atoms with Crippen molar-refractivity contribution in [1.29, 1.82) is 0 Å². The average Bonchev–Trinajstić information content (AvgIpc) is 3.12. The minimum absolute atomic E-state index is 0. The molecule has 0 aliphatic heterocycles.